The van der Waals surface area contributed by atoms with Crippen LogP contribution >= 0.6 is 0 Å². The summed E-state index contributed by atoms with van der Waals surface area (Å²) in [5.41, 5.74) is 5.30. The van der Waals surface area contributed by atoms with Crippen molar-refractivity contribution < 1.29 is 24.3 Å². The number of amides is 1. The van der Waals surface area contributed by atoms with E-state index in [-0.39, 0.29) is 25.5 Å². The van der Waals surface area contributed by atoms with Crippen molar-refractivity contribution in [1.29, 1.82) is 0 Å². The molecular formula is C28H24N2O5. The summed E-state index contributed by atoms with van der Waals surface area (Å²) in [6.45, 7) is 0.246. The van der Waals surface area contributed by atoms with Crippen LogP contribution in [-0.2, 0) is 14.4 Å². The molecule has 0 saturated carbocycles. The molecule has 1 fully saturated rings. The zero-order chi connectivity index (χ0) is 24.0. The minimum atomic E-state index is -1.08. The Bertz CT molecular complexity index is 1290. The number of aliphatic carboxylic acids is 1. The number of carboxylic acid groups (broad SMARTS) is 1. The van der Waals surface area contributed by atoms with E-state index in [1.807, 2.05) is 66.7 Å². The van der Waals surface area contributed by atoms with Crippen LogP contribution in [0.15, 0.2) is 84.0 Å². The number of rotatable bonds is 4. The van der Waals surface area contributed by atoms with Crippen LogP contribution in [0.2, 0.25) is 0 Å². The number of hydrogen-bond donors (Lipinski definition) is 1. The Morgan fingerprint density at radius 2 is 1.60 bits per heavy atom. The maximum absolute atomic E-state index is 13.2. The summed E-state index contributed by atoms with van der Waals surface area (Å²) >= 11 is 0. The number of benzene rings is 3. The SMILES string of the molecule is O=C(O)[C@@H]1C[C@]2(CC(c3ccccc3)=NO2)CN1C(=O)OCC1c2ccccc2-c2ccccc21. The number of hydrogen-bond acceptors (Lipinski definition) is 5. The minimum Gasteiger partial charge on any atom is -0.480 e. The number of likely N-dealkylation sites (tertiary alicyclic amines) is 1. The molecule has 2 aliphatic heterocycles. The summed E-state index contributed by atoms with van der Waals surface area (Å²) in [7, 11) is 0. The molecule has 0 aromatic heterocycles. The third-order valence-corrected chi connectivity index (χ3v) is 7.20. The predicted molar refractivity (Wildman–Crippen MR) is 129 cm³/mol. The Balaban J connectivity index is 1.19. The molecule has 35 heavy (non-hydrogen) atoms. The quantitative estimate of drug-likeness (QED) is 0.602. The van der Waals surface area contributed by atoms with Gasteiger partial charge >= 0.3 is 12.1 Å². The molecule has 1 N–H and O–H groups in total. The lowest BCUT2D eigenvalue weighted by atomic mass is 9.92. The highest BCUT2D eigenvalue weighted by atomic mass is 16.7. The van der Waals surface area contributed by atoms with Crippen molar-refractivity contribution in [3.8, 4) is 11.1 Å². The number of fused-ring (bicyclic) bond motifs is 3. The Labute approximate surface area is 202 Å². The number of oxime groups is 1. The maximum atomic E-state index is 13.2. The van der Waals surface area contributed by atoms with Crippen molar-refractivity contribution in [3.63, 3.8) is 0 Å². The zero-order valence-electron chi connectivity index (χ0n) is 19.0. The summed E-state index contributed by atoms with van der Waals surface area (Å²) in [5, 5.41) is 14.1. The number of nitrogens with zero attached hydrogens (tertiary/aromatic N) is 2. The highest BCUT2D eigenvalue weighted by molar-refractivity contribution is 6.02. The number of carbonyl (C=O) groups is 2. The van der Waals surface area contributed by atoms with E-state index in [4.69, 9.17) is 9.57 Å². The molecule has 2 heterocycles. The van der Waals surface area contributed by atoms with Gasteiger partial charge in [-0.25, -0.2) is 9.59 Å². The average Bonchev–Trinajstić information content (AvgIpc) is 3.58. The van der Waals surface area contributed by atoms with Gasteiger partial charge in [0.25, 0.3) is 0 Å². The van der Waals surface area contributed by atoms with Gasteiger partial charge in [-0.3, -0.25) is 4.90 Å². The lowest BCUT2D eigenvalue weighted by Crippen LogP contribution is -2.42. The van der Waals surface area contributed by atoms with Gasteiger partial charge in [-0.05, 0) is 27.8 Å². The van der Waals surface area contributed by atoms with Gasteiger partial charge in [0.2, 0.25) is 0 Å². The number of carbonyl (C=O) groups excluding carboxylic acids is 1. The van der Waals surface area contributed by atoms with Crippen molar-refractivity contribution in [3.05, 3.63) is 95.6 Å². The third-order valence-electron chi connectivity index (χ3n) is 7.20. The van der Waals surface area contributed by atoms with Crippen LogP contribution in [0.3, 0.4) is 0 Å². The van der Waals surface area contributed by atoms with E-state index in [1.54, 1.807) is 0 Å². The molecule has 3 aromatic rings. The van der Waals surface area contributed by atoms with E-state index in [9.17, 15) is 14.7 Å². The normalized spacial score (nSPS) is 22.5. The first-order valence-corrected chi connectivity index (χ1v) is 11.7. The number of carboxylic acids is 1. The second-order valence-corrected chi connectivity index (χ2v) is 9.35. The summed E-state index contributed by atoms with van der Waals surface area (Å²) in [5.74, 6) is -1.17. The fourth-order valence-electron chi connectivity index (χ4n) is 5.54. The average molecular weight is 469 g/mol. The molecule has 7 heteroatoms. The highest BCUT2D eigenvalue weighted by Crippen LogP contribution is 2.45. The van der Waals surface area contributed by atoms with Gasteiger partial charge in [0.15, 0.2) is 5.60 Å². The first-order chi connectivity index (χ1) is 17.0. The van der Waals surface area contributed by atoms with Crippen LogP contribution in [0.4, 0.5) is 4.79 Å². The first-order valence-electron chi connectivity index (χ1n) is 11.7. The van der Waals surface area contributed by atoms with Crippen LogP contribution in [-0.4, -0.2) is 52.6 Å². The Morgan fingerprint density at radius 1 is 0.971 bits per heavy atom. The molecule has 176 valence electrons. The van der Waals surface area contributed by atoms with Gasteiger partial charge < -0.3 is 14.7 Å². The van der Waals surface area contributed by atoms with Crippen LogP contribution in [0.25, 0.3) is 11.1 Å². The van der Waals surface area contributed by atoms with Crippen LogP contribution in [0.5, 0.6) is 0 Å². The smallest absolute Gasteiger partial charge is 0.410 e. The summed E-state index contributed by atoms with van der Waals surface area (Å²) in [4.78, 5) is 32.3. The summed E-state index contributed by atoms with van der Waals surface area (Å²) < 4.78 is 5.75. The van der Waals surface area contributed by atoms with E-state index in [0.717, 1.165) is 33.5 Å². The van der Waals surface area contributed by atoms with Crippen molar-refractivity contribution >= 4 is 17.8 Å². The fraction of sp³-hybridized carbons (Fsp3) is 0.250. The molecule has 0 radical (unpaired) electrons. The van der Waals surface area contributed by atoms with E-state index >= 15 is 0 Å². The minimum absolute atomic E-state index is 0.0954. The molecule has 1 spiro atoms. The monoisotopic (exact) mass is 468 g/mol. The number of ether oxygens (including phenoxy) is 1. The van der Waals surface area contributed by atoms with Crippen LogP contribution in [0, 0.1) is 0 Å². The van der Waals surface area contributed by atoms with Gasteiger partial charge in [0, 0.05) is 18.8 Å². The fourth-order valence-corrected chi connectivity index (χ4v) is 5.54. The van der Waals surface area contributed by atoms with Gasteiger partial charge in [-0.15, -0.1) is 0 Å². The molecule has 7 nitrogen and oxygen atoms in total. The lowest BCUT2D eigenvalue weighted by Gasteiger charge is -2.23. The molecule has 0 bridgehead atoms. The van der Waals surface area contributed by atoms with Crippen molar-refractivity contribution in [1.82, 2.24) is 4.90 Å². The van der Waals surface area contributed by atoms with E-state index in [2.05, 4.69) is 17.3 Å². The highest BCUT2D eigenvalue weighted by Gasteiger charge is 2.54. The topological polar surface area (TPSA) is 88.4 Å². The Kier molecular flexibility index (Phi) is 5.06. The Hall–Kier alpha value is -4.13. The molecule has 1 aliphatic carbocycles. The third kappa shape index (κ3) is 3.64. The largest absolute Gasteiger partial charge is 0.480 e. The second kappa shape index (κ2) is 8.27. The molecule has 1 saturated heterocycles. The van der Waals surface area contributed by atoms with Gasteiger partial charge in [0.05, 0.1) is 12.3 Å². The van der Waals surface area contributed by atoms with Crippen molar-refractivity contribution in [2.24, 2.45) is 5.16 Å². The van der Waals surface area contributed by atoms with Crippen LogP contribution in [0.1, 0.15) is 35.4 Å². The molecule has 6 rings (SSSR count). The summed E-state index contributed by atoms with van der Waals surface area (Å²) in [6.07, 6.45) is -0.0479. The van der Waals surface area contributed by atoms with E-state index in [1.165, 1.54) is 4.90 Å². The van der Waals surface area contributed by atoms with Crippen LogP contribution < -0.4 is 0 Å². The molecule has 2 atom stereocenters. The zero-order valence-corrected chi connectivity index (χ0v) is 19.0. The maximum Gasteiger partial charge on any atom is 0.410 e. The van der Waals surface area contributed by atoms with Crippen molar-refractivity contribution in [2.45, 2.75) is 30.4 Å². The molecule has 0 unspecified atom stereocenters. The van der Waals surface area contributed by atoms with E-state index < -0.39 is 23.7 Å². The van der Waals surface area contributed by atoms with E-state index in [0.29, 0.717) is 6.42 Å². The molecule has 3 aliphatic rings. The van der Waals surface area contributed by atoms with Crippen molar-refractivity contribution in [2.75, 3.05) is 13.2 Å². The summed E-state index contributed by atoms with van der Waals surface area (Å²) in [6, 6.07) is 24.8. The van der Waals surface area contributed by atoms with Gasteiger partial charge in [-0.1, -0.05) is 84.0 Å². The van der Waals surface area contributed by atoms with Gasteiger partial charge in [0.1, 0.15) is 12.6 Å². The molecule has 3 aromatic carbocycles. The predicted octanol–water partition coefficient (Wildman–Crippen LogP) is 4.66. The second-order valence-electron chi connectivity index (χ2n) is 9.35. The van der Waals surface area contributed by atoms with Gasteiger partial charge in [-0.2, -0.15) is 0 Å². The molecule has 1 amide bonds. The first kappa shape index (κ1) is 21.4. The lowest BCUT2D eigenvalue weighted by molar-refractivity contribution is -0.141. The molecular weight excluding hydrogens is 444 g/mol. The standard InChI is InChI=1S/C28H24N2O5/c31-26(32)25-15-28(14-24(29-35-28)18-8-2-1-3-9-18)17-30(25)27(33)34-16-23-21-12-6-4-10-19(21)20-11-5-7-13-22(20)23/h1-13,23,25H,14-17H2,(H,31,32)/t25-,28+/m0/s1. The Morgan fingerprint density at radius 3 is 2.26 bits per heavy atom.